The highest BCUT2D eigenvalue weighted by Gasteiger charge is 2.34. The standard InChI is InChI=1S/C20H22F2N4O5/c1-9(27)24-6-11-7-25(4-5-31-11)18-14(21)16(23)13-17(15(18)22)26(10-2-3-10)8-12(19(13)28)20(29)30/h8,10-11H,2-7,23H2,1H3,(H,24,27)(H,29,30). The summed E-state index contributed by atoms with van der Waals surface area (Å²) in [6.45, 7) is 1.98. The van der Waals surface area contributed by atoms with Gasteiger partial charge in [-0.05, 0) is 12.8 Å². The Balaban J connectivity index is 1.87. The number of carbonyl (C=O) groups is 2. The number of fused-ring (bicyclic) bond motifs is 1. The molecule has 4 N–H and O–H groups in total. The minimum absolute atomic E-state index is 0.0972. The van der Waals surface area contributed by atoms with Gasteiger partial charge >= 0.3 is 5.97 Å². The number of rotatable bonds is 5. The molecule has 0 spiro atoms. The van der Waals surface area contributed by atoms with E-state index in [2.05, 4.69) is 5.32 Å². The first kappa shape index (κ1) is 21.0. The summed E-state index contributed by atoms with van der Waals surface area (Å²) in [6.07, 6.45) is 1.97. The van der Waals surface area contributed by atoms with Gasteiger partial charge in [-0.3, -0.25) is 9.59 Å². The largest absolute Gasteiger partial charge is 0.477 e. The number of carboxylic acids is 1. The lowest BCUT2D eigenvalue weighted by Crippen LogP contribution is -2.48. The molecule has 1 aromatic heterocycles. The Kier molecular flexibility index (Phi) is 5.29. The van der Waals surface area contributed by atoms with Crippen molar-refractivity contribution in [3.63, 3.8) is 0 Å². The number of amides is 1. The van der Waals surface area contributed by atoms with Crippen molar-refractivity contribution in [2.24, 2.45) is 0 Å². The van der Waals surface area contributed by atoms with E-state index in [4.69, 9.17) is 10.5 Å². The number of carboxylic acid groups (broad SMARTS) is 1. The van der Waals surface area contributed by atoms with Crippen LogP contribution in [0.5, 0.6) is 0 Å². The van der Waals surface area contributed by atoms with Crippen LogP contribution < -0.4 is 21.4 Å². The van der Waals surface area contributed by atoms with Gasteiger partial charge < -0.3 is 30.4 Å². The number of morpholine rings is 1. The number of nitrogens with two attached hydrogens (primary N) is 1. The second kappa shape index (κ2) is 7.80. The average Bonchev–Trinajstić information content (AvgIpc) is 3.56. The fourth-order valence-electron chi connectivity index (χ4n) is 3.93. The number of nitrogens with zero attached hydrogens (tertiary/aromatic N) is 2. The molecule has 0 radical (unpaired) electrons. The van der Waals surface area contributed by atoms with E-state index in [9.17, 15) is 19.5 Å². The number of pyridine rings is 1. The van der Waals surface area contributed by atoms with Gasteiger partial charge in [0.2, 0.25) is 11.3 Å². The van der Waals surface area contributed by atoms with Gasteiger partial charge in [0.1, 0.15) is 11.3 Å². The number of aromatic carboxylic acids is 1. The van der Waals surface area contributed by atoms with E-state index in [1.807, 2.05) is 0 Å². The van der Waals surface area contributed by atoms with Gasteiger partial charge in [0, 0.05) is 38.8 Å². The van der Waals surface area contributed by atoms with Gasteiger partial charge in [0.05, 0.1) is 29.3 Å². The van der Waals surface area contributed by atoms with Crippen LogP contribution >= 0.6 is 0 Å². The van der Waals surface area contributed by atoms with Gasteiger partial charge in [0.15, 0.2) is 11.6 Å². The number of nitrogen functional groups attached to an aromatic ring is 1. The van der Waals surface area contributed by atoms with Gasteiger partial charge in [-0.1, -0.05) is 0 Å². The summed E-state index contributed by atoms with van der Waals surface area (Å²) in [4.78, 5) is 36.8. The molecule has 0 bridgehead atoms. The molecule has 1 aliphatic heterocycles. The number of hydrogen-bond acceptors (Lipinski definition) is 6. The molecule has 166 valence electrons. The Morgan fingerprint density at radius 1 is 1.32 bits per heavy atom. The van der Waals surface area contributed by atoms with Crippen LogP contribution in [0.25, 0.3) is 10.9 Å². The molecule has 9 nitrogen and oxygen atoms in total. The van der Waals surface area contributed by atoms with E-state index in [0.29, 0.717) is 12.8 Å². The Morgan fingerprint density at radius 3 is 2.65 bits per heavy atom. The summed E-state index contributed by atoms with van der Waals surface area (Å²) in [5.41, 5.74) is 3.15. The van der Waals surface area contributed by atoms with Gasteiger partial charge in [-0.25, -0.2) is 13.6 Å². The summed E-state index contributed by atoms with van der Waals surface area (Å²) < 4.78 is 37.9. The zero-order valence-corrected chi connectivity index (χ0v) is 16.8. The second-order valence-corrected chi connectivity index (χ2v) is 7.81. The molecule has 4 rings (SSSR count). The average molecular weight is 436 g/mol. The number of carbonyl (C=O) groups excluding carboxylic acids is 1. The van der Waals surface area contributed by atoms with Crippen molar-refractivity contribution in [3.8, 4) is 0 Å². The molecule has 1 saturated heterocycles. The highest BCUT2D eigenvalue weighted by atomic mass is 19.1. The molecule has 2 aromatic rings. The van der Waals surface area contributed by atoms with Crippen molar-refractivity contribution >= 4 is 34.2 Å². The molecule has 1 unspecified atom stereocenters. The van der Waals surface area contributed by atoms with Crippen LogP contribution in [0.1, 0.15) is 36.2 Å². The highest BCUT2D eigenvalue weighted by Crippen LogP contribution is 2.41. The predicted octanol–water partition coefficient (Wildman–Crippen LogP) is 1.24. The lowest BCUT2D eigenvalue weighted by molar-refractivity contribution is -0.119. The lowest BCUT2D eigenvalue weighted by atomic mass is 10.1. The van der Waals surface area contributed by atoms with Crippen molar-refractivity contribution in [2.45, 2.75) is 31.9 Å². The summed E-state index contributed by atoms with van der Waals surface area (Å²) in [6, 6.07) is -0.189. The maximum Gasteiger partial charge on any atom is 0.341 e. The Hall–Kier alpha value is -3.21. The lowest BCUT2D eigenvalue weighted by Gasteiger charge is -2.35. The molecular weight excluding hydrogens is 414 g/mol. The van der Waals surface area contributed by atoms with E-state index in [1.54, 1.807) is 0 Å². The maximum atomic E-state index is 15.7. The zero-order valence-electron chi connectivity index (χ0n) is 16.8. The molecule has 2 aliphatic rings. The van der Waals surface area contributed by atoms with Crippen LogP contribution in [0.4, 0.5) is 20.2 Å². The Labute approximate surface area is 175 Å². The monoisotopic (exact) mass is 436 g/mol. The van der Waals surface area contributed by atoms with Crippen LogP contribution in [0, 0.1) is 11.6 Å². The molecule has 1 aromatic carbocycles. The predicted molar refractivity (Wildman–Crippen MR) is 108 cm³/mol. The van der Waals surface area contributed by atoms with Gasteiger partial charge in [-0.15, -0.1) is 0 Å². The number of nitrogens with one attached hydrogen (secondary N) is 1. The van der Waals surface area contributed by atoms with Crippen LogP contribution in [-0.2, 0) is 9.53 Å². The third kappa shape index (κ3) is 3.69. The number of halogens is 2. The molecule has 1 atom stereocenters. The van der Waals surface area contributed by atoms with Crippen molar-refractivity contribution in [1.82, 2.24) is 9.88 Å². The third-order valence-electron chi connectivity index (χ3n) is 5.57. The maximum absolute atomic E-state index is 15.7. The first-order valence-electron chi connectivity index (χ1n) is 9.90. The highest BCUT2D eigenvalue weighted by molar-refractivity contribution is 5.99. The summed E-state index contributed by atoms with van der Waals surface area (Å²) in [5.74, 6) is -3.83. The zero-order chi connectivity index (χ0) is 22.4. The van der Waals surface area contributed by atoms with Gasteiger partial charge in [-0.2, -0.15) is 0 Å². The minimum atomic E-state index is -1.49. The molecule has 31 heavy (non-hydrogen) atoms. The van der Waals surface area contributed by atoms with Crippen LogP contribution in [0.2, 0.25) is 0 Å². The fourth-order valence-corrected chi connectivity index (χ4v) is 3.93. The van der Waals surface area contributed by atoms with E-state index in [0.717, 1.165) is 6.20 Å². The molecule has 1 saturated carbocycles. The van der Waals surface area contributed by atoms with Crippen molar-refractivity contribution in [1.29, 1.82) is 0 Å². The van der Waals surface area contributed by atoms with Crippen molar-refractivity contribution < 1.29 is 28.2 Å². The van der Waals surface area contributed by atoms with Gasteiger partial charge in [0.25, 0.3) is 0 Å². The molecule has 1 amide bonds. The summed E-state index contributed by atoms with van der Waals surface area (Å²) in [7, 11) is 0. The van der Waals surface area contributed by atoms with E-state index in [-0.39, 0.29) is 43.7 Å². The van der Waals surface area contributed by atoms with E-state index in [1.165, 1.54) is 16.4 Å². The molecular formula is C20H22F2N4O5. The normalized spacial score (nSPS) is 18.9. The fraction of sp³-hybridized carbons (Fsp3) is 0.450. The number of anilines is 2. The van der Waals surface area contributed by atoms with Crippen molar-refractivity contribution in [3.05, 3.63) is 33.6 Å². The smallest absolute Gasteiger partial charge is 0.341 e. The quantitative estimate of drug-likeness (QED) is 0.602. The van der Waals surface area contributed by atoms with E-state index < -0.39 is 51.5 Å². The Morgan fingerprint density at radius 2 is 2.03 bits per heavy atom. The number of ether oxygens (including phenoxy) is 1. The molecule has 2 fully saturated rings. The molecule has 2 heterocycles. The molecule has 1 aliphatic carbocycles. The van der Waals surface area contributed by atoms with E-state index >= 15 is 8.78 Å². The van der Waals surface area contributed by atoms with Crippen LogP contribution in [0.15, 0.2) is 11.0 Å². The van der Waals surface area contributed by atoms with Crippen LogP contribution in [0.3, 0.4) is 0 Å². The first-order valence-corrected chi connectivity index (χ1v) is 9.90. The minimum Gasteiger partial charge on any atom is -0.477 e. The summed E-state index contributed by atoms with van der Waals surface area (Å²) >= 11 is 0. The number of benzene rings is 1. The first-order chi connectivity index (χ1) is 14.7. The third-order valence-corrected chi connectivity index (χ3v) is 5.57. The summed E-state index contributed by atoms with van der Waals surface area (Å²) in [5, 5.41) is 11.5. The Bertz CT molecular complexity index is 1150. The van der Waals surface area contributed by atoms with Crippen molar-refractivity contribution in [2.75, 3.05) is 36.9 Å². The number of hydrogen-bond donors (Lipinski definition) is 3. The molecule has 11 heteroatoms. The number of aromatic nitrogens is 1. The topological polar surface area (TPSA) is 127 Å². The SMILES string of the molecule is CC(=O)NCC1CN(c2c(F)c(N)c3c(=O)c(C(=O)O)cn(C4CC4)c3c2F)CCO1. The van der Waals surface area contributed by atoms with Crippen LogP contribution in [-0.4, -0.2) is 53.9 Å². The second-order valence-electron chi connectivity index (χ2n) is 7.81.